The highest BCUT2D eigenvalue weighted by Gasteiger charge is 2.15. The molecule has 3 heteroatoms. The van der Waals surface area contributed by atoms with Crippen LogP contribution in [-0.4, -0.2) is 31.1 Å². The Morgan fingerprint density at radius 3 is 2.42 bits per heavy atom. The van der Waals surface area contributed by atoms with Crippen molar-refractivity contribution in [2.75, 3.05) is 26.2 Å². The van der Waals surface area contributed by atoms with E-state index in [1.807, 2.05) is 12.1 Å². The standard InChI is InChI=1S/C16H27FN2/c1-4-12-18-16(11-13-19(5-2)6-3)14-9-7-8-10-15(14)17/h7-10,16,18H,4-6,11-13H2,1-3H3. The van der Waals surface area contributed by atoms with Crippen molar-refractivity contribution < 1.29 is 4.39 Å². The quantitative estimate of drug-likeness (QED) is 0.734. The van der Waals surface area contributed by atoms with Gasteiger partial charge in [0.2, 0.25) is 0 Å². The van der Waals surface area contributed by atoms with Crippen LogP contribution in [0.4, 0.5) is 4.39 Å². The molecule has 0 amide bonds. The first-order valence-corrected chi connectivity index (χ1v) is 7.43. The van der Waals surface area contributed by atoms with Crippen LogP contribution in [0.1, 0.15) is 45.2 Å². The second-order valence-electron chi connectivity index (χ2n) is 4.84. The lowest BCUT2D eigenvalue weighted by Crippen LogP contribution is -2.30. The number of rotatable bonds is 9. The summed E-state index contributed by atoms with van der Waals surface area (Å²) in [4.78, 5) is 2.38. The normalized spacial score (nSPS) is 12.9. The van der Waals surface area contributed by atoms with E-state index in [2.05, 4.69) is 31.0 Å². The van der Waals surface area contributed by atoms with Gasteiger partial charge in [-0.15, -0.1) is 0 Å². The molecule has 2 nitrogen and oxygen atoms in total. The maximum absolute atomic E-state index is 13.9. The lowest BCUT2D eigenvalue weighted by Gasteiger charge is -2.24. The highest BCUT2D eigenvalue weighted by atomic mass is 19.1. The number of halogens is 1. The van der Waals surface area contributed by atoms with Gasteiger partial charge in [0.15, 0.2) is 0 Å². The van der Waals surface area contributed by atoms with Crippen molar-refractivity contribution in [1.29, 1.82) is 0 Å². The van der Waals surface area contributed by atoms with Gasteiger partial charge in [-0.3, -0.25) is 0 Å². The molecule has 0 heterocycles. The molecule has 0 aliphatic rings. The first-order chi connectivity index (χ1) is 9.22. The lowest BCUT2D eigenvalue weighted by atomic mass is 10.0. The van der Waals surface area contributed by atoms with Gasteiger partial charge >= 0.3 is 0 Å². The molecule has 1 N–H and O–H groups in total. The third kappa shape index (κ3) is 5.29. The molecule has 0 aromatic heterocycles. The summed E-state index contributed by atoms with van der Waals surface area (Å²) >= 11 is 0. The summed E-state index contributed by atoms with van der Waals surface area (Å²) in [5.41, 5.74) is 0.795. The summed E-state index contributed by atoms with van der Waals surface area (Å²) in [6.45, 7) is 10.5. The number of nitrogens with one attached hydrogen (secondary N) is 1. The van der Waals surface area contributed by atoms with Gasteiger partial charge in [-0.1, -0.05) is 39.0 Å². The van der Waals surface area contributed by atoms with E-state index in [0.29, 0.717) is 0 Å². The second-order valence-corrected chi connectivity index (χ2v) is 4.84. The van der Waals surface area contributed by atoms with E-state index in [1.165, 1.54) is 0 Å². The zero-order chi connectivity index (χ0) is 14.1. The van der Waals surface area contributed by atoms with Crippen molar-refractivity contribution in [2.45, 2.75) is 39.7 Å². The third-order valence-corrected chi connectivity index (χ3v) is 3.55. The van der Waals surface area contributed by atoms with Crippen LogP contribution in [0.5, 0.6) is 0 Å². The molecule has 1 unspecified atom stereocenters. The fourth-order valence-electron chi connectivity index (χ4n) is 2.30. The fraction of sp³-hybridized carbons (Fsp3) is 0.625. The van der Waals surface area contributed by atoms with Crippen LogP contribution in [0, 0.1) is 5.82 Å². The van der Waals surface area contributed by atoms with Crippen LogP contribution >= 0.6 is 0 Å². The summed E-state index contributed by atoms with van der Waals surface area (Å²) in [6.07, 6.45) is 2.01. The van der Waals surface area contributed by atoms with Crippen molar-refractivity contribution in [3.8, 4) is 0 Å². The second kappa shape index (κ2) is 9.05. The first kappa shape index (κ1) is 16.1. The van der Waals surface area contributed by atoms with Gasteiger partial charge in [-0.2, -0.15) is 0 Å². The molecule has 1 aromatic rings. The topological polar surface area (TPSA) is 15.3 Å². The average Bonchev–Trinajstić information content (AvgIpc) is 2.44. The van der Waals surface area contributed by atoms with Gasteiger partial charge in [-0.25, -0.2) is 4.39 Å². The predicted molar refractivity (Wildman–Crippen MR) is 79.8 cm³/mol. The molecule has 0 aliphatic heterocycles. The predicted octanol–water partition coefficient (Wildman–Crippen LogP) is 3.60. The summed E-state index contributed by atoms with van der Waals surface area (Å²) in [7, 11) is 0. The minimum absolute atomic E-state index is 0.101. The molecule has 1 aromatic carbocycles. The van der Waals surface area contributed by atoms with Gasteiger partial charge in [0.05, 0.1) is 0 Å². The van der Waals surface area contributed by atoms with Gasteiger partial charge in [-0.05, 0) is 45.1 Å². The van der Waals surface area contributed by atoms with E-state index < -0.39 is 0 Å². The van der Waals surface area contributed by atoms with Crippen molar-refractivity contribution in [1.82, 2.24) is 10.2 Å². The molecule has 0 aliphatic carbocycles. The number of hydrogen-bond donors (Lipinski definition) is 1. The van der Waals surface area contributed by atoms with Crippen molar-refractivity contribution in [2.24, 2.45) is 0 Å². The summed E-state index contributed by atoms with van der Waals surface area (Å²) in [5.74, 6) is -0.101. The monoisotopic (exact) mass is 266 g/mol. The Morgan fingerprint density at radius 2 is 1.84 bits per heavy atom. The lowest BCUT2D eigenvalue weighted by molar-refractivity contribution is 0.280. The number of hydrogen-bond acceptors (Lipinski definition) is 2. The van der Waals surface area contributed by atoms with Gasteiger partial charge in [0.25, 0.3) is 0 Å². The molecule has 0 fully saturated rings. The minimum atomic E-state index is -0.101. The third-order valence-electron chi connectivity index (χ3n) is 3.55. The zero-order valence-corrected chi connectivity index (χ0v) is 12.5. The molecule has 0 bridgehead atoms. The minimum Gasteiger partial charge on any atom is -0.310 e. The van der Waals surface area contributed by atoms with Crippen molar-refractivity contribution in [3.05, 3.63) is 35.6 Å². The Bertz CT molecular complexity index is 350. The molecule has 0 radical (unpaired) electrons. The van der Waals surface area contributed by atoms with E-state index in [-0.39, 0.29) is 11.9 Å². The fourth-order valence-corrected chi connectivity index (χ4v) is 2.30. The Hall–Kier alpha value is -0.930. The van der Waals surface area contributed by atoms with Gasteiger partial charge < -0.3 is 10.2 Å². The van der Waals surface area contributed by atoms with Crippen LogP contribution in [0.15, 0.2) is 24.3 Å². The number of benzene rings is 1. The van der Waals surface area contributed by atoms with Crippen LogP contribution in [0.25, 0.3) is 0 Å². The van der Waals surface area contributed by atoms with E-state index in [1.54, 1.807) is 12.1 Å². The van der Waals surface area contributed by atoms with E-state index in [0.717, 1.165) is 44.6 Å². The van der Waals surface area contributed by atoms with Crippen LogP contribution < -0.4 is 5.32 Å². The molecule has 1 atom stereocenters. The zero-order valence-electron chi connectivity index (χ0n) is 12.5. The van der Waals surface area contributed by atoms with E-state index in [9.17, 15) is 4.39 Å². The summed E-state index contributed by atoms with van der Waals surface area (Å²) < 4.78 is 13.9. The highest BCUT2D eigenvalue weighted by Crippen LogP contribution is 2.20. The molecule has 0 spiro atoms. The van der Waals surface area contributed by atoms with E-state index >= 15 is 0 Å². The molecule has 1 rings (SSSR count). The Balaban J connectivity index is 2.69. The highest BCUT2D eigenvalue weighted by molar-refractivity contribution is 5.21. The van der Waals surface area contributed by atoms with Crippen LogP contribution in [0.3, 0.4) is 0 Å². The first-order valence-electron chi connectivity index (χ1n) is 7.43. The summed E-state index contributed by atoms with van der Waals surface area (Å²) in [6, 6.07) is 7.22. The molecular weight excluding hydrogens is 239 g/mol. The van der Waals surface area contributed by atoms with Gasteiger partial charge in [0, 0.05) is 11.6 Å². The maximum Gasteiger partial charge on any atom is 0.127 e. The molecule has 0 saturated carbocycles. The van der Waals surface area contributed by atoms with Crippen LogP contribution in [0.2, 0.25) is 0 Å². The Labute approximate surface area is 117 Å². The molecule has 108 valence electrons. The average molecular weight is 266 g/mol. The SMILES string of the molecule is CCCNC(CCN(CC)CC)c1ccccc1F. The smallest absolute Gasteiger partial charge is 0.127 e. The van der Waals surface area contributed by atoms with E-state index in [4.69, 9.17) is 0 Å². The van der Waals surface area contributed by atoms with Crippen molar-refractivity contribution >= 4 is 0 Å². The number of nitrogens with zero attached hydrogens (tertiary/aromatic N) is 1. The van der Waals surface area contributed by atoms with Gasteiger partial charge in [0.1, 0.15) is 5.82 Å². The largest absolute Gasteiger partial charge is 0.310 e. The molecule has 19 heavy (non-hydrogen) atoms. The molecular formula is C16H27FN2. The molecule has 0 saturated heterocycles. The Morgan fingerprint density at radius 1 is 1.16 bits per heavy atom. The summed E-state index contributed by atoms with van der Waals surface area (Å²) in [5, 5.41) is 3.46. The van der Waals surface area contributed by atoms with Crippen molar-refractivity contribution in [3.63, 3.8) is 0 Å². The Kier molecular flexibility index (Phi) is 7.68. The maximum atomic E-state index is 13.9. The van der Waals surface area contributed by atoms with Crippen LogP contribution in [-0.2, 0) is 0 Å².